The molecule has 0 aliphatic carbocycles. The van der Waals surface area contributed by atoms with Crippen LogP contribution in [0.1, 0.15) is 24.8 Å². The summed E-state index contributed by atoms with van der Waals surface area (Å²) in [6.07, 6.45) is -2.76. The molecule has 1 saturated heterocycles. The summed E-state index contributed by atoms with van der Waals surface area (Å²) in [6.45, 7) is 1.06. The number of halogens is 4. The fraction of sp³-hybridized carbons (Fsp3) is 0.538. The van der Waals surface area contributed by atoms with Gasteiger partial charge in [-0.25, -0.2) is 4.98 Å². The topological polar surface area (TPSA) is 59.2 Å². The first kappa shape index (κ1) is 15.9. The first-order chi connectivity index (χ1) is 9.75. The standard InChI is InChI=1S/C13H15ClF3N3O/c14-10-6-9(13(15,16)17)7-12(19-10)20-3-1-8(2-4-20)5-11(18)21/h6-8H,1-5H2,(H2,18,21). The molecule has 0 atom stereocenters. The molecule has 1 aromatic rings. The van der Waals surface area contributed by atoms with Crippen molar-refractivity contribution >= 4 is 23.3 Å². The maximum Gasteiger partial charge on any atom is 0.416 e. The van der Waals surface area contributed by atoms with Crippen LogP contribution in [-0.2, 0) is 11.0 Å². The third-order valence-electron chi connectivity index (χ3n) is 3.54. The predicted octanol–water partition coefficient (Wildman–Crippen LogP) is 2.85. The smallest absolute Gasteiger partial charge is 0.370 e. The predicted molar refractivity (Wildman–Crippen MR) is 73.0 cm³/mol. The number of pyridine rings is 1. The Bertz CT molecular complexity index is 528. The van der Waals surface area contributed by atoms with Gasteiger partial charge in [-0.15, -0.1) is 0 Å². The van der Waals surface area contributed by atoms with E-state index in [9.17, 15) is 18.0 Å². The van der Waals surface area contributed by atoms with Gasteiger partial charge >= 0.3 is 6.18 Å². The fourth-order valence-electron chi connectivity index (χ4n) is 2.46. The minimum absolute atomic E-state index is 0.181. The molecule has 0 spiro atoms. The van der Waals surface area contributed by atoms with Crippen LogP contribution in [0.25, 0.3) is 0 Å². The summed E-state index contributed by atoms with van der Waals surface area (Å²) in [6, 6.07) is 1.81. The summed E-state index contributed by atoms with van der Waals surface area (Å²) in [5.74, 6) is 0.0426. The number of piperidine rings is 1. The Morgan fingerprint density at radius 1 is 1.38 bits per heavy atom. The molecular weight excluding hydrogens is 307 g/mol. The Balaban J connectivity index is 2.10. The number of hydrogen-bond donors (Lipinski definition) is 1. The largest absolute Gasteiger partial charge is 0.416 e. The van der Waals surface area contributed by atoms with E-state index in [2.05, 4.69) is 4.98 Å². The monoisotopic (exact) mass is 321 g/mol. The molecular formula is C13H15ClF3N3O. The van der Waals surface area contributed by atoms with E-state index in [0.717, 1.165) is 12.1 Å². The number of hydrogen-bond acceptors (Lipinski definition) is 3. The summed E-state index contributed by atoms with van der Waals surface area (Å²) in [5, 5.41) is -0.181. The zero-order chi connectivity index (χ0) is 15.6. The molecule has 1 aliphatic rings. The maximum atomic E-state index is 12.8. The normalized spacial score (nSPS) is 17.0. The van der Waals surface area contributed by atoms with Gasteiger partial charge in [-0.05, 0) is 30.9 Å². The van der Waals surface area contributed by atoms with Gasteiger partial charge < -0.3 is 10.6 Å². The lowest BCUT2D eigenvalue weighted by atomic mass is 9.93. The number of carbonyl (C=O) groups is 1. The molecule has 4 nitrogen and oxygen atoms in total. The average Bonchev–Trinajstić information content (AvgIpc) is 2.37. The van der Waals surface area contributed by atoms with E-state index < -0.39 is 11.7 Å². The van der Waals surface area contributed by atoms with E-state index >= 15 is 0 Å². The van der Waals surface area contributed by atoms with Crippen molar-refractivity contribution in [2.75, 3.05) is 18.0 Å². The molecule has 2 N–H and O–H groups in total. The van der Waals surface area contributed by atoms with Gasteiger partial charge in [0, 0.05) is 19.5 Å². The van der Waals surface area contributed by atoms with Gasteiger partial charge in [0.15, 0.2) is 0 Å². The molecule has 2 heterocycles. The minimum Gasteiger partial charge on any atom is -0.370 e. The average molecular weight is 322 g/mol. The summed E-state index contributed by atoms with van der Waals surface area (Å²) < 4.78 is 38.3. The lowest BCUT2D eigenvalue weighted by molar-refractivity contribution is -0.137. The Morgan fingerprint density at radius 2 is 2.00 bits per heavy atom. The number of amides is 1. The van der Waals surface area contributed by atoms with Crippen LogP contribution >= 0.6 is 11.6 Å². The molecule has 8 heteroatoms. The molecule has 0 saturated carbocycles. The van der Waals surface area contributed by atoms with Gasteiger partial charge in [0.25, 0.3) is 0 Å². The van der Waals surface area contributed by atoms with Gasteiger partial charge in [-0.3, -0.25) is 4.79 Å². The quantitative estimate of drug-likeness (QED) is 0.871. The van der Waals surface area contributed by atoms with Crippen molar-refractivity contribution in [2.45, 2.75) is 25.4 Å². The van der Waals surface area contributed by atoms with Crippen molar-refractivity contribution in [3.8, 4) is 0 Å². The van der Waals surface area contributed by atoms with E-state index in [4.69, 9.17) is 17.3 Å². The Morgan fingerprint density at radius 3 is 2.52 bits per heavy atom. The van der Waals surface area contributed by atoms with Crippen LogP contribution in [-0.4, -0.2) is 24.0 Å². The second-order valence-electron chi connectivity index (χ2n) is 5.14. The summed E-state index contributed by atoms with van der Waals surface area (Å²) in [4.78, 5) is 16.6. The first-order valence-corrected chi connectivity index (χ1v) is 6.91. The van der Waals surface area contributed by atoms with Crippen LogP contribution in [0.5, 0.6) is 0 Å². The highest BCUT2D eigenvalue weighted by molar-refractivity contribution is 6.29. The van der Waals surface area contributed by atoms with E-state index in [1.54, 1.807) is 4.90 Å². The summed E-state index contributed by atoms with van der Waals surface area (Å²) >= 11 is 5.67. The summed E-state index contributed by atoms with van der Waals surface area (Å²) in [5.41, 5.74) is 4.34. The molecule has 0 aromatic carbocycles. The second kappa shape index (κ2) is 6.09. The minimum atomic E-state index is -4.45. The van der Waals surface area contributed by atoms with Crippen LogP contribution < -0.4 is 10.6 Å². The van der Waals surface area contributed by atoms with Crippen LogP contribution in [0.2, 0.25) is 5.15 Å². The molecule has 116 valence electrons. The van der Waals surface area contributed by atoms with Gasteiger partial charge in [0.2, 0.25) is 5.91 Å². The van der Waals surface area contributed by atoms with Crippen molar-refractivity contribution < 1.29 is 18.0 Å². The van der Waals surface area contributed by atoms with Crippen LogP contribution in [0.15, 0.2) is 12.1 Å². The third kappa shape index (κ3) is 4.23. The Hall–Kier alpha value is -1.50. The van der Waals surface area contributed by atoms with Crippen LogP contribution in [0.3, 0.4) is 0 Å². The van der Waals surface area contributed by atoms with Gasteiger partial charge in [0.05, 0.1) is 5.56 Å². The molecule has 1 aliphatic heterocycles. The number of nitrogens with two attached hydrogens (primary N) is 1. The van der Waals surface area contributed by atoms with Gasteiger partial charge in [-0.2, -0.15) is 13.2 Å². The van der Waals surface area contributed by atoms with Crippen LogP contribution in [0, 0.1) is 5.92 Å². The third-order valence-corrected chi connectivity index (χ3v) is 3.73. The molecule has 2 rings (SSSR count). The Kier molecular flexibility index (Phi) is 4.61. The number of aromatic nitrogens is 1. The van der Waals surface area contributed by atoms with Crippen molar-refractivity contribution in [3.63, 3.8) is 0 Å². The molecule has 0 radical (unpaired) electrons. The molecule has 1 amide bonds. The molecule has 1 aromatic heterocycles. The van der Waals surface area contributed by atoms with E-state index in [1.165, 1.54) is 0 Å². The molecule has 21 heavy (non-hydrogen) atoms. The Labute approximate surface area is 125 Å². The lowest BCUT2D eigenvalue weighted by Gasteiger charge is -2.32. The highest BCUT2D eigenvalue weighted by Gasteiger charge is 2.32. The fourth-order valence-corrected chi connectivity index (χ4v) is 2.66. The van der Waals surface area contributed by atoms with E-state index in [-0.39, 0.29) is 22.8 Å². The lowest BCUT2D eigenvalue weighted by Crippen LogP contribution is -2.35. The molecule has 0 unspecified atom stereocenters. The van der Waals surface area contributed by atoms with Gasteiger partial charge in [-0.1, -0.05) is 11.6 Å². The molecule has 1 fully saturated rings. The van der Waals surface area contributed by atoms with Gasteiger partial charge in [0.1, 0.15) is 11.0 Å². The highest BCUT2D eigenvalue weighted by atomic mass is 35.5. The SMILES string of the molecule is NC(=O)CC1CCN(c2cc(C(F)(F)F)cc(Cl)n2)CC1. The van der Waals surface area contributed by atoms with Crippen molar-refractivity contribution in [2.24, 2.45) is 11.7 Å². The van der Waals surface area contributed by atoms with E-state index in [0.29, 0.717) is 32.4 Å². The number of rotatable bonds is 3. The van der Waals surface area contributed by atoms with Crippen molar-refractivity contribution in [3.05, 3.63) is 22.8 Å². The number of anilines is 1. The second-order valence-corrected chi connectivity index (χ2v) is 5.52. The zero-order valence-electron chi connectivity index (χ0n) is 11.2. The number of carbonyl (C=O) groups excluding carboxylic acids is 1. The number of alkyl halides is 3. The van der Waals surface area contributed by atoms with Crippen LogP contribution in [0.4, 0.5) is 19.0 Å². The van der Waals surface area contributed by atoms with E-state index in [1.807, 2.05) is 0 Å². The maximum absolute atomic E-state index is 12.8. The number of nitrogens with zero attached hydrogens (tertiary/aromatic N) is 2. The van der Waals surface area contributed by atoms with Crippen molar-refractivity contribution in [1.29, 1.82) is 0 Å². The summed E-state index contributed by atoms with van der Waals surface area (Å²) in [7, 11) is 0. The zero-order valence-corrected chi connectivity index (χ0v) is 11.9. The highest BCUT2D eigenvalue weighted by Crippen LogP contribution is 2.33. The number of primary amides is 1. The first-order valence-electron chi connectivity index (χ1n) is 6.54. The van der Waals surface area contributed by atoms with Crippen molar-refractivity contribution in [1.82, 2.24) is 4.98 Å². The molecule has 0 bridgehead atoms.